The first kappa shape index (κ1) is 21.9. The molecular weight excluding hydrogens is 445 g/mol. The number of anilines is 2. The van der Waals surface area contributed by atoms with E-state index in [1.54, 1.807) is 12.3 Å². The molecule has 5 rings (SSSR count). The Morgan fingerprint density at radius 3 is 2.82 bits per heavy atom. The van der Waals surface area contributed by atoms with Gasteiger partial charge in [-0.15, -0.1) is 0 Å². The smallest absolute Gasteiger partial charge is 0.370 e. The minimum Gasteiger partial charge on any atom is -0.370 e. The summed E-state index contributed by atoms with van der Waals surface area (Å²) in [7, 11) is 0. The Morgan fingerprint density at radius 1 is 1.15 bits per heavy atom. The predicted molar refractivity (Wildman–Crippen MR) is 122 cm³/mol. The van der Waals surface area contributed by atoms with E-state index in [4.69, 9.17) is 0 Å². The molecule has 0 radical (unpaired) electrons. The summed E-state index contributed by atoms with van der Waals surface area (Å²) in [6.45, 7) is 3.62. The summed E-state index contributed by atoms with van der Waals surface area (Å²) in [5, 5.41) is 10.3. The van der Waals surface area contributed by atoms with Gasteiger partial charge in [-0.1, -0.05) is 6.07 Å². The number of carbonyl (C=O) groups excluding carboxylic acids is 1. The second-order valence-electron chi connectivity index (χ2n) is 8.42. The lowest BCUT2D eigenvalue weighted by Gasteiger charge is -2.19. The van der Waals surface area contributed by atoms with E-state index >= 15 is 0 Å². The fraction of sp³-hybridized carbons (Fsp3) is 0.250. The van der Waals surface area contributed by atoms with Crippen LogP contribution < -0.4 is 10.2 Å². The van der Waals surface area contributed by atoms with Gasteiger partial charge in [0.25, 0.3) is 5.91 Å². The van der Waals surface area contributed by atoms with Crippen LogP contribution in [0.25, 0.3) is 11.0 Å². The molecule has 0 spiro atoms. The summed E-state index contributed by atoms with van der Waals surface area (Å²) in [6.07, 6.45) is 1.87. The number of aromatic nitrogens is 4. The minimum atomic E-state index is -4.53. The molecular formula is C24H21F3N6O. The third-order valence-corrected chi connectivity index (χ3v) is 6.13. The van der Waals surface area contributed by atoms with E-state index < -0.39 is 17.6 Å². The Bertz CT molecular complexity index is 1370. The highest BCUT2D eigenvalue weighted by Gasteiger charge is 2.31. The van der Waals surface area contributed by atoms with E-state index in [1.807, 2.05) is 31.3 Å². The van der Waals surface area contributed by atoms with E-state index in [1.165, 1.54) is 6.20 Å². The maximum atomic E-state index is 12.9. The van der Waals surface area contributed by atoms with Gasteiger partial charge in [-0.25, -0.2) is 4.98 Å². The number of halogens is 3. The molecule has 3 aromatic heterocycles. The van der Waals surface area contributed by atoms with Crippen LogP contribution in [0, 0.1) is 6.92 Å². The highest BCUT2D eigenvalue weighted by Crippen LogP contribution is 2.34. The Morgan fingerprint density at radius 2 is 2.00 bits per heavy atom. The number of fused-ring (bicyclic) bond motifs is 1. The van der Waals surface area contributed by atoms with Gasteiger partial charge >= 0.3 is 6.18 Å². The second kappa shape index (κ2) is 8.44. The lowest BCUT2D eigenvalue weighted by molar-refractivity contribution is -0.137. The number of benzene rings is 1. The van der Waals surface area contributed by atoms with E-state index in [2.05, 4.69) is 30.4 Å². The highest BCUT2D eigenvalue weighted by molar-refractivity contribution is 6.04. The van der Waals surface area contributed by atoms with Crippen molar-refractivity contribution in [3.8, 4) is 0 Å². The SMILES string of the molecule is Cc1ccc(C(=O)Nc2cncc(C(F)(F)F)c2)cc1C1CCN(c2cnc3[nH]ncc3c2)C1. The average Bonchev–Trinajstić information content (AvgIpc) is 3.48. The van der Waals surface area contributed by atoms with Gasteiger partial charge in [0, 0.05) is 36.2 Å². The number of amides is 1. The Labute approximate surface area is 193 Å². The van der Waals surface area contributed by atoms with Gasteiger partial charge in [-0.2, -0.15) is 18.3 Å². The summed E-state index contributed by atoms with van der Waals surface area (Å²) < 4.78 is 38.8. The second-order valence-corrected chi connectivity index (χ2v) is 8.42. The first-order chi connectivity index (χ1) is 16.3. The van der Waals surface area contributed by atoms with Gasteiger partial charge in [-0.3, -0.25) is 14.9 Å². The number of H-pyrrole nitrogens is 1. The summed E-state index contributed by atoms with van der Waals surface area (Å²) in [5.41, 5.74) is 3.34. The van der Waals surface area contributed by atoms with Crippen molar-refractivity contribution in [2.75, 3.05) is 23.3 Å². The van der Waals surface area contributed by atoms with Gasteiger partial charge in [0.15, 0.2) is 5.65 Å². The summed E-state index contributed by atoms with van der Waals surface area (Å²) in [6, 6.07) is 8.31. The van der Waals surface area contributed by atoms with Crippen LogP contribution in [0.2, 0.25) is 0 Å². The van der Waals surface area contributed by atoms with Gasteiger partial charge in [0.1, 0.15) is 0 Å². The number of aromatic amines is 1. The van der Waals surface area contributed by atoms with E-state index in [-0.39, 0.29) is 11.6 Å². The van der Waals surface area contributed by atoms with Crippen LogP contribution in [-0.4, -0.2) is 39.2 Å². The zero-order chi connectivity index (χ0) is 23.9. The van der Waals surface area contributed by atoms with Crippen LogP contribution in [-0.2, 0) is 6.18 Å². The molecule has 10 heteroatoms. The van der Waals surface area contributed by atoms with Crippen molar-refractivity contribution in [1.82, 2.24) is 20.2 Å². The van der Waals surface area contributed by atoms with Crippen LogP contribution in [0.3, 0.4) is 0 Å². The fourth-order valence-corrected chi connectivity index (χ4v) is 4.33. The predicted octanol–water partition coefficient (Wildman–Crippen LogP) is 4.93. The summed E-state index contributed by atoms with van der Waals surface area (Å²) in [4.78, 5) is 23.1. The molecule has 1 aromatic carbocycles. The van der Waals surface area contributed by atoms with Gasteiger partial charge in [-0.05, 0) is 48.7 Å². The normalized spacial score (nSPS) is 16.2. The molecule has 0 saturated carbocycles. The van der Waals surface area contributed by atoms with Crippen molar-refractivity contribution in [3.63, 3.8) is 0 Å². The number of nitrogens with zero attached hydrogens (tertiary/aromatic N) is 4. The standard InChI is InChI=1S/C24H21F3N6O/c1-14-2-3-15(23(34)31-19-8-18(10-28-11-19)24(25,26)27)7-21(14)16-4-5-33(13-16)20-6-17-9-30-32-22(17)29-12-20/h2-3,6-12,16H,4-5,13H2,1H3,(H,31,34)(H,29,30,32). The molecule has 4 heterocycles. The number of nitrogens with one attached hydrogen (secondary N) is 2. The van der Waals surface area contributed by atoms with Crippen molar-refractivity contribution in [1.29, 1.82) is 0 Å². The van der Waals surface area contributed by atoms with Gasteiger partial charge < -0.3 is 10.2 Å². The monoisotopic (exact) mass is 466 g/mol. The number of hydrogen-bond donors (Lipinski definition) is 2. The quantitative estimate of drug-likeness (QED) is 0.446. The molecule has 0 aliphatic carbocycles. The van der Waals surface area contributed by atoms with Crippen LogP contribution in [0.4, 0.5) is 24.5 Å². The number of pyridine rings is 2. The van der Waals surface area contributed by atoms with Crippen LogP contribution in [0.5, 0.6) is 0 Å². The molecule has 1 saturated heterocycles. The average molecular weight is 466 g/mol. The molecule has 1 amide bonds. The molecule has 2 N–H and O–H groups in total. The molecule has 34 heavy (non-hydrogen) atoms. The third-order valence-electron chi connectivity index (χ3n) is 6.13. The number of aryl methyl sites for hydroxylation is 1. The molecule has 1 aliphatic heterocycles. The van der Waals surface area contributed by atoms with Crippen LogP contribution >= 0.6 is 0 Å². The van der Waals surface area contributed by atoms with Crippen molar-refractivity contribution in [2.24, 2.45) is 0 Å². The maximum absolute atomic E-state index is 12.9. The lowest BCUT2D eigenvalue weighted by Crippen LogP contribution is -2.19. The topological polar surface area (TPSA) is 86.8 Å². The van der Waals surface area contributed by atoms with Crippen molar-refractivity contribution in [3.05, 3.63) is 77.4 Å². The summed E-state index contributed by atoms with van der Waals surface area (Å²) in [5.74, 6) is -0.269. The molecule has 1 aliphatic rings. The maximum Gasteiger partial charge on any atom is 0.417 e. The van der Waals surface area contributed by atoms with Crippen LogP contribution in [0.15, 0.2) is 55.1 Å². The van der Waals surface area contributed by atoms with Gasteiger partial charge in [0.2, 0.25) is 0 Å². The van der Waals surface area contributed by atoms with Crippen molar-refractivity contribution in [2.45, 2.75) is 25.4 Å². The first-order valence-corrected chi connectivity index (χ1v) is 10.8. The Kier molecular flexibility index (Phi) is 5.43. The van der Waals surface area contributed by atoms with Crippen molar-refractivity contribution >= 4 is 28.3 Å². The highest BCUT2D eigenvalue weighted by atomic mass is 19.4. The minimum absolute atomic E-state index is 0.00358. The van der Waals surface area contributed by atoms with E-state index in [9.17, 15) is 18.0 Å². The Hall–Kier alpha value is -3.95. The molecule has 1 unspecified atom stereocenters. The molecule has 0 bridgehead atoms. The molecule has 7 nitrogen and oxygen atoms in total. The number of alkyl halides is 3. The third kappa shape index (κ3) is 4.30. The summed E-state index contributed by atoms with van der Waals surface area (Å²) >= 11 is 0. The molecule has 4 aromatic rings. The number of hydrogen-bond acceptors (Lipinski definition) is 5. The fourth-order valence-electron chi connectivity index (χ4n) is 4.33. The lowest BCUT2D eigenvalue weighted by atomic mass is 9.92. The van der Waals surface area contributed by atoms with Crippen molar-refractivity contribution < 1.29 is 18.0 Å². The first-order valence-electron chi connectivity index (χ1n) is 10.8. The van der Waals surface area contributed by atoms with E-state index in [0.29, 0.717) is 5.56 Å². The molecule has 1 atom stereocenters. The zero-order valence-electron chi connectivity index (χ0n) is 18.2. The van der Waals surface area contributed by atoms with E-state index in [0.717, 1.165) is 59.6 Å². The molecule has 1 fully saturated rings. The largest absolute Gasteiger partial charge is 0.417 e. The zero-order valence-corrected chi connectivity index (χ0v) is 18.2. The molecule has 174 valence electrons. The van der Waals surface area contributed by atoms with Crippen LogP contribution in [0.1, 0.15) is 39.4 Å². The Balaban J connectivity index is 1.33. The number of carbonyl (C=O) groups is 1. The van der Waals surface area contributed by atoms with Gasteiger partial charge in [0.05, 0.1) is 35.5 Å². The number of rotatable bonds is 4.